The molecule has 2 heterocycles. The van der Waals surface area contributed by atoms with Crippen LogP contribution in [0, 0.1) is 5.92 Å². The highest BCUT2D eigenvalue weighted by Gasteiger charge is 2.54. The Bertz CT molecular complexity index is 3200. The van der Waals surface area contributed by atoms with Gasteiger partial charge in [0.15, 0.2) is 17.5 Å². The lowest BCUT2D eigenvalue weighted by Crippen LogP contribution is -2.28. The second-order valence-corrected chi connectivity index (χ2v) is 19.2. The minimum Gasteiger partial charge on any atom is -0.208 e. The molecular formula is C57H43N3S. The maximum Gasteiger partial charge on any atom is 0.164 e. The first-order chi connectivity index (χ1) is 30.0. The molecule has 4 aliphatic rings. The number of rotatable bonds is 4. The first-order valence-electron chi connectivity index (χ1n) is 21.9. The molecular weight excluding hydrogens is 759 g/mol. The van der Waals surface area contributed by atoms with E-state index in [1.165, 1.54) is 102 Å². The van der Waals surface area contributed by atoms with Crippen LogP contribution in [0.3, 0.4) is 0 Å². The fraction of sp³-hybridized carbons (Fsp3) is 0.175. The zero-order valence-corrected chi connectivity index (χ0v) is 35.1. The Kier molecular flexibility index (Phi) is 7.52. The molecule has 0 amide bonds. The number of nitrogens with zero attached hydrogens (tertiary/aromatic N) is 3. The minimum atomic E-state index is -0.453. The summed E-state index contributed by atoms with van der Waals surface area (Å²) in [5.41, 5.74) is 17.2. The Labute approximate surface area is 360 Å². The van der Waals surface area contributed by atoms with Crippen LogP contribution in [0.2, 0.25) is 0 Å². The fourth-order valence-electron chi connectivity index (χ4n) is 12.1. The second kappa shape index (κ2) is 13.0. The predicted octanol–water partition coefficient (Wildman–Crippen LogP) is 14.7. The zero-order valence-electron chi connectivity index (χ0n) is 34.3. The predicted molar refractivity (Wildman–Crippen MR) is 251 cm³/mol. The van der Waals surface area contributed by atoms with E-state index in [1.807, 2.05) is 11.3 Å². The molecule has 0 bridgehead atoms. The molecule has 13 rings (SSSR count). The maximum atomic E-state index is 5.53. The lowest BCUT2D eigenvalue weighted by molar-refractivity contribution is 0.233. The third-order valence-corrected chi connectivity index (χ3v) is 16.1. The normalized spacial score (nSPS) is 18.3. The van der Waals surface area contributed by atoms with E-state index in [9.17, 15) is 0 Å². The number of hydrogen-bond donors (Lipinski definition) is 0. The summed E-state index contributed by atoms with van der Waals surface area (Å²) in [7, 11) is 0. The highest BCUT2D eigenvalue weighted by molar-refractivity contribution is 7.20. The Balaban J connectivity index is 1.06. The van der Waals surface area contributed by atoms with E-state index < -0.39 is 5.41 Å². The molecule has 0 N–H and O–H groups in total. The highest BCUT2D eigenvalue weighted by Crippen LogP contribution is 2.67. The van der Waals surface area contributed by atoms with Crippen molar-refractivity contribution in [1.29, 1.82) is 0 Å². The Morgan fingerprint density at radius 3 is 1.85 bits per heavy atom. The number of thiophene rings is 1. The molecule has 9 aromatic rings. The highest BCUT2D eigenvalue weighted by atomic mass is 32.1. The van der Waals surface area contributed by atoms with E-state index in [0.29, 0.717) is 23.5 Å². The van der Waals surface area contributed by atoms with Crippen molar-refractivity contribution in [3.8, 4) is 67.5 Å². The molecule has 61 heavy (non-hydrogen) atoms. The van der Waals surface area contributed by atoms with Crippen molar-refractivity contribution in [2.45, 2.75) is 56.3 Å². The average Bonchev–Trinajstić information content (AvgIpc) is 4.01. The maximum absolute atomic E-state index is 5.53. The first-order valence-corrected chi connectivity index (χ1v) is 22.7. The molecule has 4 aliphatic carbocycles. The van der Waals surface area contributed by atoms with Crippen LogP contribution in [-0.2, 0) is 10.8 Å². The average molecular weight is 802 g/mol. The van der Waals surface area contributed by atoms with Crippen LogP contribution in [0.5, 0.6) is 0 Å². The molecule has 2 aromatic heterocycles. The Morgan fingerprint density at radius 1 is 0.475 bits per heavy atom. The third-order valence-electron chi connectivity index (χ3n) is 14.8. The fourth-order valence-corrected chi connectivity index (χ4v) is 13.6. The van der Waals surface area contributed by atoms with Gasteiger partial charge in [0, 0.05) is 37.2 Å². The van der Waals surface area contributed by atoms with Crippen LogP contribution in [0.25, 0.3) is 77.6 Å². The summed E-state index contributed by atoms with van der Waals surface area (Å²) in [4.78, 5) is 17.7. The first kappa shape index (κ1) is 35.3. The van der Waals surface area contributed by atoms with Crippen LogP contribution in [0.15, 0.2) is 164 Å². The Morgan fingerprint density at radius 2 is 1.07 bits per heavy atom. The van der Waals surface area contributed by atoms with E-state index in [4.69, 9.17) is 15.0 Å². The van der Waals surface area contributed by atoms with Gasteiger partial charge in [-0.2, -0.15) is 0 Å². The minimum absolute atomic E-state index is 0.0984. The molecule has 0 radical (unpaired) electrons. The molecule has 1 spiro atoms. The zero-order chi connectivity index (χ0) is 40.5. The molecule has 292 valence electrons. The smallest absolute Gasteiger partial charge is 0.164 e. The monoisotopic (exact) mass is 801 g/mol. The Hall–Kier alpha value is -6.49. The van der Waals surface area contributed by atoms with E-state index in [2.05, 4.69) is 178 Å². The van der Waals surface area contributed by atoms with E-state index >= 15 is 0 Å². The van der Waals surface area contributed by atoms with Gasteiger partial charge in [-0.25, -0.2) is 15.0 Å². The van der Waals surface area contributed by atoms with E-state index in [1.54, 1.807) is 0 Å². The molecule has 7 aromatic carbocycles. The van der Waals surface area contributed by atoms with Gasteiger partial charge in [-0.15, -0.1) is 11.3 Å². The second-order valence-electron chi connectivity index (χ2n) is 18.1. The summed E-state index contributed by atoms with van der Waals surface area (Å²) >= 11 is 1.94. The van der Waals surface area contributed by atoms with Crippen LogP contribution in [-0.4, -0.2) is 15.0 Å². The topological polar surface area (TPSA) is 38.7 Å². The van der Waals surface area contributed by atoms with Gasteiger partial charge in [0.2, 0.25) is 0 Å². The summed E-state index contributed by atoms with van der Waals surface area (Å²) in [5.74, 6) is 3.43. The lowest BCUT2D eigenvalue weighted by Gasteiger charge is -2.34. The van der Waals surface area contributed by atoms with Gasteiger partial charge >= 0.3 is 0 Å². The number of hydrogen-bond acceptors (Lipinski definition) is 4. The van der Waals surface area contributed by atoms with Gasteiger partial charge in [0.05, 0.1) is 5.41 Å². The molecule has 2 atom stereocenters. The largest absolute Gasteiger partial charge is 0.208 e. The molecule has 1 saturated carbocycles. The van der Waals surface area contributed by atoms with Crippen LogP contribution >= 0.6 is 11.3 Å². The third kappa shape index (κ3) is 4.88. The number of fused-ring (bicyclic) bond motifs is 15. The molecule has 3 nitrogen and oxygen atoms in total. The van der Waals surface area contributed by atoms with Crippen molar-refractivity contribution >= 4 is 21.4 Å². The quantitative estimate of drug-likeness (QED) is 0.178. The van der Waals surface area contributed by atoms with Crippen molar-refractivity contribution < 1.29 is 0 Å². The standard InChI is InChI=1S/C57H43N3S/c1-56(2)44-22-10-6-17-38(44)41-32-31-37(33-48(41)56)54-58-53(36-29-27-35(28-30-36)34-15-4-3-5-16-34)59-55(60-54)43-21-14-25-47-50(43)51-42-20-9-13-26-49(42)61-52(51)57(47)45-23-11-7-18-39(45)40-19-8-12-24-46(40)57/h3-5,7-9,11-16,18-21,23-33,38,44H,6,10,17,22H2,1-2H3. The summed E-state index contributed by atoms with van der Waals surface area (Å²) in [5, 5.41) is 1.28. The summed E-state index contributed by atoms with van der Waals surface area (Å²) in [6.07, 6.45) is 5.24. The molecule has 0 aliphatic heterocycles. The summed E-state index contributed by atoms with van der Waals surface area (Å²) in [6.45, 7) is 4.94. The van der Waals surface area contributed by atoms with Crippen LogP contribution in [0.1, 0.15) is 78.1 Å². The summed E-state index contributed by atoms with van der Waals surface area (Å²) in [6, 6.07) is 60.3. The van der Waals surface area contributed by atoms with Crippen LogP contribution < -0.4 is 0 Å². The van der Waals surface area contributed by atoms with Crippen molar-refractivity contribution in [1.82, 2.24) is 15.0 Å². The van der Waals surface area contributed by atoms with Crippen molar-refractivity contribution in [2.24, 2.45) is 5.92 Å². The van der Waals surface area contributed by atoms with Gasteiger partial charge in [-0.3, -0.25) is 0 Å². The van der Waals surface area contributed by atoms with Crippen molar-refractivity contribution in [3.63, 3.8) is 0 Å². The summed E-state index contributed by atoms with van der Waals surface area (Å²) < 4.78 is 1.30. The molecule has 1 fully saturated rings. The van der Waals surface area contributed by atoms with Crippen molar-refractivity contribution in [2.75, 3.05) is 0 Å². The van der Waals surface area contributed by atoms with Gasteiger partial charge in [-0.05, 0) is 97.9 Å². The van der Waals surface area contributed by atoms with Gasteiger partial charge in [-0.1, -0.05) is 178 Å². The molecule has 4 heteroatoms. The van der Waals surface area contributed by atoms with E-state index in [0.717, 1.165) is 22.5 Å². The van der Waals surface area contributed by atoms with Gasteiger partial charge < -0.3 is 0 Å². The van der Waals surface area contributed by atoms with Crippen LogP contribution in [0.4, 0.5) is 0 Å². The lowest BCUT2D eigenvalue weighted by atomic mass is 9.70. The molecule has 0 saturated heterocycles. The molecule has 2 unspecified atom stereocenters. The number of aromatic nitrogens is 3. The van der Waals surface area contributed by atoms with Crippen molar-refractivity contribution in [3.05, 3.63) is 196 Å². The SMILES string of the molecule is CC1(C)c2cc(-c3nc(-c4ccc(-c5ccccc5)cc4)nc(-c4cccc5c4-c4c(sc6ccccc46)C54c5ccccc5-c5ccccc54)n3)ccc2C2CCCCC21. The van der Waals surface area contributed by atoms with Gasteiger partial charge in [0.25, 0.3) is 0 Å². The number of benzene rings is 7. The van der Waals surface area contributed by atoms with E-state index in [-0.39, 0.29) is 5.41 Å². The van der Waals surface area contributed by atoms with Gasteiger partial charge in [0.1, 0.15) is 0 Å².